The van der Waals surface area contributed by atoms with Gasteiger partial charge in [-0.15, -0.1) is 0 Å². The van der Waals surface area contributed by atoms with Gasteiger partial charge in [-0.2, -0.15) is 0 Å². The van der Waals surface area contributed by atoms with Gasteiger partial charge >= 0.3 is 5.97 Å². The van der Waals surface area contributed by atoms with Gasteiger partial charge in [0.2, 0.25) is 0 Å². The van der Waals surface area contributed by atoms with Gasteiger partial charge in [0.1, 0.15) is 5.69 Å². The Labute approximate surface area is 144 Å². The maximum absolute atomic E-state index is 11.8. The van der Waals surface area contributed by atoms with Crippen LogP contribution in [-0.4, -0.2) is 23.4 Å². The summed E-state index contributed by atoms with van der Waals surface area (Å²) in [6.07, 6.45) is 0.142. The maximum atomic E-state index is 11.8. The molecule has 0 aliphatic heterocycles. The predicted molar refractivity (Wildman–Crippen MR) is 92.2 cm³/mol. The lowest BCUT2D eigenvalue weighted by molar-refractivity contribution is -0.383. The molecule has 2 rings (SSSR count). The average Bonchev–Trinajstić information content (AvgIpc) is 2.61. The van der Waals surface area contributed by atoms with Crippen LogP contribution >= 0.6 is 0 Å². The van der Waals surface area contributed by atoms with Crippen LogP contribution in [0.15, 0.2) is 54.6 Å². The summed E-state index contributed by atoms with van der Waals surface area (Å²) in [5.74, 6) is -1.17. The molecule has 2 aromatic carbocycles. The Hall–Kier alpha value is -3.22. The molecule has 0 aromatic heterocycles. The fraction of sp³-hybridized carbons (Fsp3) is 0.222. The minimum Gasteiger partial charge on any atom is -0.456 e. The Bertz CT molecular complexity index is 761. The van der Waals surface area contributed by atoms with E-state index in [4.69, 9.17) is 4.74 Å². The summed E-state index contributed by atoms with van der Waals surface area (Å²) < 4.78 is 4.95. The van der Waals surface area contributed by atoms with Crippen LogP contribution in [0.4, 0.5) is 11.4 Å². The fourth-order valence-corrected chi connectivity index (χ4v) is 2.28. The van der Waals surface area contributed by atoms with Gasteiger partial charge in [-0.3, -0.25) is 19.7 Å². The number of benzene rings is 2. The van der Waals surface area contributed by atoms with Gasteiger partial charge in [0.25, 0.3) is 11.6 Å². The molecule has 25 heavy (non-hydrogen) atoms. The van der Waals surface area contributed by atoms with Crippen molar-refractivity contribution >= 4 is 23.3 Å². The Balaban J connectivity index is 1.84. The molecule has 7 heteroatoms. The lowest BCUT2D eigenvalue weighted by Crippen LogP contribution is -2.21. The van der Waals surface area contributed by atoms with E-state index >= 15 is 0 Å². The summed E-state index contributed by atoms with van der Waals surface area (Å²) in [5, 5.41) is 13.3. The molecular formula is C18H18N2O5. The van der Waals surface area contributed by atoms with E-state index in [1.807, 2.05) is 37.3 Å². The van der Waals surface area contributed by atoms with Gasteiger partial charge in [0.15, 0.2) is 6.61 Å². The number of para-hydroxylation sites is 2. The molecule has 1 amide bonds. The maximum Gasteiger partial charge on any atom is 0.306 e. The Morgan fingerprint density at radius 1 is 1.12 bits per heavy atom. The molecule has 0 aliphatic rings. The summed E-state index contributed by atoms with van der Waals surface area (Å²) in [4.78, 5) is 34.0. The fourth-order valence-electron chi connectivity index (χ4n) is 2.28. The molecule has 0 bridgehead atoms. The number of nitrogens with zero attached hydrogens (tertiary/aromatic N) is 1. The van der Waals surface area contributed by atoms with E-state index in [0.29, 0.717) is 0 Å². The number of nitro benzene ring substituents is 1. The molecule has 0 unspecified atom stereocenters. The SMILES string of the molecule is C[C@@H](CC(=O)OCC(=O)Nc1ccccc1[N+](=O)[O-])c1ccccc1. The predicted octanol–water partition coefficient (Wildman–Crippen LogP) is 3.27. The van der Waals surface area contributed by atoms with Gasteiger partial charge in [-0.25, -0.2) is 0 Å². The number of carbonyl (C=O) groups excluding carboxylic acids is 2. The lowest BCUT2D eigenvalue weighted by Gasteiger charge is -2.11. The van der Waals surface area contributed by atoms with E-state index in [1.165, 1.54) is 18.2 Å². The molecule has 0 aliphatic carbocycles. The summed E-state index contributed by atoms with van der Waals surface area (Å²) in [7, 11) is 0. The van der Waals surface area contributed by atoms with Crippen molar-refractivity contribution in [2.45, 2.75) is 19.3 Å². The molecule has 1 atom stereocenters. The van der Waals surface area contributed by atoms with Crippen LogP contribution in [0.2, 0.25) is 0 Å². The van der Waals surface area contributed by atoms with Gasteiger partial charge in [-0.05, 0) is 17.5 Å². The van der Waals surface area contributed by atoms with Crippen molar-refractivity contribution in [3.05, 3.63) is 70.3 Å². The molecule has 130 valence electrons. The minimum atomic E-state index is -0.630. The van der Waals surface area contributed by atoms with Crippen molar-refractivity contribution in [2.24, 2.45) is 0 Å². The van der Waals surface area contributed by atoms with Crippen LogP contribution in [0.3, 0.4) is 0 Å². The van der Waals surface area contributed by atoms with Crippen molar-refractivity contribution in [3.63, 3.8) is 0 Å². The Morgan fingerprint density at radius 3 is 2.44 bits per heavy atom. The number of rotatable bonds is 7. The third kappa shape index (κ3) is 5.42. The summed E-state index contributed by atoms with van der Waals surface area (Å²) >= 11 is 0. The van der Waals surface area contributed by atoms with Crippen LogP contribution < -0.4 is 5.32 Å². The molecule has 0 saturated carbocycles. The molecule has 0 spiro atoms. The normalized spacial score (nSPS) is 11.4. The first-order chi connectivity index (χ1) is 12.0. The van der Waals surface area contributed by atoms with Gasteiger partial charge in [0.05, 0.1) is 11.3 Å². The van der Waals surface area contributed by atoms with Crippen molar-refractivity contribution in [2.75, 3.05) is 11.9 Å². The molecule has 1 N–H and O–H groups in total. The Morgan fingerprint density at radius 2 is 1.76 bits per heavy atom. The first-order valence-corrected chi connectivity index (χ1v) is 7.71. The van der Waals surface area contributed by atoms with Crippen molar-refractivity contribution in [1.29, 1.82) is 0 Å². The highest BCUT2D eigenvalue weighted by molar-refractivity contribution is 5.94. The van der Waals surface area contributed by atoms with Gasteiger partial charge < -0.3 is 10.1 Å². The van der Waals surface area contributed by atoms with E-state index < -0.39 is 23.4 Å². The van der Waals surface area contributed by atoms with Crippen LogP contribution in [-0.2, 0) is 14.3 Å². The average molecular weight is 342 g/mol. The molecular weight excluding hydrogens is 324 g/mol. The van der Waals surface area contributed by atoms with Gasteiger partial charge in [0, 0.05) is 6.07 Å². The van der Waals surface area contributed by atoms with E-state index in [2.05, 4.69) is 5.32 Å². The summed E-state index contributed by atoms with van der Waals surface area (Å²) in [5.41, 5.74) is 0.842. The second-order valence-corrected chi connectivity index (χ2v) is 5.50. The second-order valence-electron chi connectivity index (χ2n) is 5.50. The number of hydrogen-bond donors (Lipinski definition) is 1. The second kappa shape index (κ2) is 8.58. The smallest absolute Gasteiger partial charge is 0.306 e. The Kier molecular flexibility index (Phi) is 6.22. The number of esters is 1. The molecule has 0 heterocycles. The first-order valence-electron chi connectivity index (χ1n) is 7.71. The summed E-state index contributed by atoms with van der Waals surface area (Å²) in [6, 6.07) is 15.3. The topological polar surface area (TPSA) is 98.5 Å². The number of hydrogen-bond acceptors (Lipinski definition) is 5. The molecule has 2 aromatic rings. The molecule has 0 saturated heterocycles. The molecule has 7 nitrogen and oxygen atoms in total. The summed E-state index contributed by atoms with van der Waals surface area (Å²) in [6.45, 7) is 1.40. The zero-order valence-electron chi connectivity index (χ0n) is 13.7. The number of anilines is 1. The number of carbonyl (C=O) groups is 2. The quantitative estimate of drug-likeness (QED) is 0.473. The number of amides is 1. The highest BCUT2D eigenvalue weighted by Crippen LogP contribution is 2.23. The van der Waals surface area contributed by atoms with Crippen LogP contribution in [0.25, 0.3) is 0 Å². The first kappa shape index (κ1) is 18.1. The highest BCUT2D eigenvalue weighted by atomic mass is 16.6. The van der Waals surface area contributed by atoms with E-state index in [-0.39, 0.29) is 23.7 Å². The monoisotopic (exact) mass is 342 g/mol. The number of nitrogens with one attached hydrogen (secondary N) is 1. The third-order valence-electron chi connectivity index (χ3n) is 3.58. The zero-order chi connectivity index (χ0) is 18.2. The molecule has 0 radical (unpaired) electrons. The third-order valence-corrected chi connectivity index (χ3v) is 3.58. The van der Waals surface area contributed by atoms with Crippen molar-refractivity contribution in [1.82, 2.24) is 0 Å². The van der Waals surface area contributed by atoms with Crippen LogP contribution in [0.5, 0.6) is 0 Å². The largest absolute Gasteiger partial charge is 0.456 e. The molecule has 0 fully saturated rings. The van der Waals surface area contributed by atoms with Crippen molar-refractivity contribution < 1.29 is 19.2 Å². The highest BCUT2D eigenvalue weighted by Gasteiger charge is 2.17. The van der Waals surface area contributed by atoms with Crippen LogP contribution in [0, 0.1) is 10.1 Å². The van der Waals surface area contributed by atoms with E-state index in [0.717, 1.165) is 5.56 Å². The van der Waals surface area contributed by atoms with Crippen LogP contribution in [0.1, 0.15) is 24.8 Å². The van der Waals surface area contributed by atoms with E-state index in [9.17, 15) is 19.7 Å². The van der Waals surface area contributed by atoms with Crippen molar-refractivity contribution in [3.8, 4) is 0 Å². The lowest BCUT2D eigenvalue weighted by atomic mass is 9.98. The number of ether oxygens (including phenoxy) is 1. The standard InChI is InChI=1S/C18H18N2O5/c1-13(14-7-3-2-4-8-14)11-18(22)25-12-17(21)19-15-9-5-6-10-16(15)20(23)24/h2-10,13H,11-12H2,1H3,(H,19,21)/t13-/m0/s1. The van der Waals surface area contributed by atoms with Gasteiger partial charge in [-0.1, -0.05) is 49.4 Å². The zero-order valence-corrected chi connectivity index (χ0v) is 13.7. The number of nitro groups is 1. The minimum absolute atomic E-state index is 0.0352. The van der Waals surface area contributed by atoms with E-state index in [1.54, 1.807) is 6.07 Å².